The lowest BCUT2D eigenvalue weighted by Crippen LogP contribution is -2.38. The quantitative estimate of drug-likeness (QED) is 0.172. The van der Waals surface area contributed by atoms with E-state index in [1.807, 2.05) is 30.3 Å². The second-order valence-electron chi connectivity index (χ2n) is 13.0. The van der Waals surface area contributed by atoms with Crippen LogP contribution in [0.5, 0.6) is 5.75 Å². The largest absolute Gasteiger partial charge is 0.496 e. The first-order valence-electron chi connectivity index (χ1n) is 16.5. The van der Waals surface area contributed by atoms with Gasteiger partial charge in [-0.15, -0.1) is 0 Å². The van der Waals surface area contributed by atoms with Crippen molar-refractivity contribution in [2.45, 2.75) is 76.0 Å². The van der Waals surface area contributed by atoms with Gasteiger partial charge in [-0.05, 0) is 98.5 Å². The molecule has 6 rings (SSSR count). The van der Waals surface area contributed by atoms with Crippen molar-refractivity contribution in [3.05, 3.63) is 76.5 Å². The van der Waals surface area contributed by atoms with Gasteiger partial charge < -0.3 is 19.1 Å². The second kappa shape index (κ2) is 13.7. The van der Waals surface area contributed by atoms with Crippen LogP contribution < -0.4 is 9.64 Å². The lowest BCUT2D eigenvalue weighted by atomic mass is 9.78. The molecule has 0 bridgehead atoms. The van der Waals surface area contributed by atoms with E-state index in [2.05, 4.69) is 4.90 Å². The molecule has 0 radical (unpaired) electrons. The first-order chi connectivity index (χ1) is 23.7. The minimum absolute atomic E-state index is 0.0481. The topological polar surface area (TPSA) is 81.2 Å². The molecule has 1 amide bonds. The van der Waals surface area contributed by atoms with Crippen LogP contribution in [0.25, 0.3) is 11.1 Å². The van der Waals surface area contributed by atoms with Gasteiger partial charge in [-0.1, -0.05) is 6.07 Å². The Kier molecular flexibility index (Phi) is 9.66. The van der Waals surface area contributed by atoms with E-state index in [-0.39, 0.29) is 30.4 Å². The lowest BCUT2D eigenvalue weighted by Gasteiger charge is -2.33. The number of benzene rings is 2. The summed E-state index contributed by atoms with van der Waals surface area (Å²) in [6.07, 6.45) is -8.43. The molecular formula is C36H37F6N3O5. The number of ether oxygens (including phenoxy) is 3. The Bertz CT molecular complexity index is 1720. The number of amides is 1. The molecule has 14 heteroatoms. The number of hydrogen-bond acceptors (Lipinski definition) is 7. The average Bonchev–Trinajstić information content (AvgIpc) is 3.34. The maximum atomic E-state index is 13.7. The van der Waals surface area contributed by atoms with Gasteiger partial charge in [0.1, 0.15) is 17.7 Å². The third-order valence-corrected chi connectivity index (χ3v) is 10.0. The fraction of sp³-hybridized carbons (Fsp3) is 0.472. The van der Waals surface area contributed by atoms with Gasteiger partial charge in [0, 0.05) is 24.2 Å². The Labute approximate surface area is 285 Å². The van der Waals surface area contributed by atoms with Crippen LogP contribution in [0.15, 0.2) is 48.5 Å². The summed E-state index contributed by atoms with van der Waals surface area (Å²) in [5, 5.41) is 0. The number of halogens is 6. The van der Waals surface area contributed by atoms with Gasteiger partial charge in [0.15, 0.2) is 0 Å². The maximum absolute atomic E-state index is 13.7. The third kappa shape index (κ3) is 7.06. The molecule has 2 aliphatic heterocycles. The molecular weight excluding hydrogens is 668 g/mol. The van der Waals surface area contributed by atoms with Gasteiger partial charge in [-0.3, -0.25) is 9.69 Å². The van der Waals surface area contributed by atoms with Crippen LogP contribution in [0.3, 0.4) is 0 Å². The summed E-state index contributed by atoms with van der Waals surface area (Å²) in [4.78, 5) is 33.7. The third-order valence-electron chi connectivity index (χ3n) is 10.0. The van der Waals surface area contributed by atoms with Crippen LogP contribution in [0.4, 0.5) is 37.0 Å². The van der Waals surface area contributed by atoms with Crippen molar-refractivity contribution in [2.24, 2.45) is 5.92 Å². The number of alkyl halides is 6. The van der Waals surface area contributed by atoms with E-state index in [9.17, 15) is 35.9 Å². The van der Waals surface area contributed by atoms with E-state index in [1.54, 1.807) is 0 Å². The fourth-order valence-corrected chi connectivity index (χ4v) is 7.06. The number of hydrogen-bond donors (Lipinski definition) is 0. The van der Waals surface area contributed by atoms with E-state index in [1.165, 1.54) is 26.0 Å². The molecule has 3 fully saturated rings. The Balaban J connectivity index is 1.34. The highest BCUT2D eigenvalue weighted by Gasteiger charge is 2.44. The molecule has 8 nitrogen and oxygen atoms in total. The standard InChI is InChI=1S/C36H37F6N3O5/c1-20-32(24-15-25(35(37,38)39)18-26(16-24)36(40,41)42)50-34(47)45(20)19-29-27(10-12-31(43-29)44-13-4-14-44)28-17-23(9-11-30(28)48-2)21-5-7-22(8-6-21)33(46)49-3/h9-12,15-18,20-22,32H,4-8,13-14,19H2,1-3H3/t20-,21-,22-,32-/m0/s1. The molecule has 2 saturated heterocycles. The lowest BCUT2D eigenvalue weighted by molar-refractivity contribution is -0.147. The van der Waals surface area contributed by atoms with Gasteiger partial charge >= 0.3 is 24.4 Å². The van der Waals surface area contributed by atoms with E-state index in [4.69, 9.17) is 19.2 Å². The van der Waals surface area contributed by atoms with E-state index >= 15 is 0 Å². The molecule has 2 atom stereocenters. The molecule has 50 heavy (non-hydrogen) atoms. The van der Waals surface area contributed by atoms with Crippen LogP contribution in [-0.2, 0) is 33.2 Å². The highest BCUT2D eigenvalue weighted by molar-refractivity contribution is 5.76. The monoisotopic (exact) mass is 705 g/mol. The SMILES string of the molecule is COc1ccc([C@H]2CC[C@H](C(=O)OC)CC2)cc1-c1ccc(N2CCC2)nc1CN1C(=O)O[C@H](c2cc(C(F)(F)F)cc(C(F)(F)F)c2)[C@@H]1C. The van der Waals surface area contributed by atoms with Gasteiger partial charge in [0.05, 0.1) is 49.5 Å². The summed E-state index contributed by atoms with van der Waals surface area (Å²) in [5.41, 5.74) is -0.513. The van der Waals surface area contributed by atoms with Crippen molar-refractivity contribution in [1.82, 2.24) is 9.88 Å². The molecule has 2 aromatic carbocycles. The van der Waals surface area contributed by atoms with Crippen molar-refractivity contribution in [2.75, 3.05) is 32.2 Å². The van der Waals surface area contributed by atoms with E-state index in [0.717, 1.165) is 37.9 Å². The summed E-state index contributed by atoms with van der Waals surface area (Å²) in [6.45, 7) is 2.98. The summed E-state index contributed by atoms with van der Waals surface area (Å²) >= 11 is 0. The predicted octanol–water partition coefficient (Wildman–Crippen LogP) is 8.53. The molecule has 3 aliphatic rings. The first kappa shape index (κ1) is 35.3. The Morgan fingerprint density at radius 3 is 2.10 bits per heavy atom. The zero-order chi connectivity index (χ0) is 36.0. The smallest absolute Gasteiger partial charge is 0.416 e. The van der Waals surface area contributed by atoms with Crippen molar-refractivity contribution < 1.29 is 50.1 Å². The summed E-state index contributed by atoms with van der Waals surface area (Å²) in [6, 6.07) is 9.92. The number of nitrogens with zero attached hydrogens (tertiary/aromatic N) is 3. The second-order valence-corrected chi connectivity index (χ2v) is 13.0. The molecule has 268 valence electrons. The van der Waals surface area contributed by atoms with Crippen molar-refractivity contribution in [3.63, 3.8) is 0 Å². The fourth-order valence-electron chi connectivity index (χ4n) is 7.06. The number of pyridine rings is 1. The van der Waals surface area contributed by atoms with E-state index < -0.39 is 47.3 Å². The van der Waals surface area contributed by atoms with Crippen molar-refractivity contribution in [3.8, 4) is 16.9 Å². The normalized spacial score (nSPS) is 22.6. The predicted molar refractivity (Wildman–Crippen MR) is 170 cm³/mol. The minimum Gasteiger partial charge on any atom is -0.496 e. The maximum Gasteiger partial charge on any atom is 0.416 e. The van der Waals surface area contributed by atoms with Crippen LogP contribution in [0, 0.1) is 5.92 Å². The Morgan fingerprint density at radius 1 is 0.880 bits per heavy atom. The Hall–Kier alpha value is -4.49. The van der Waals surface area contributed by atoms with Crippen LogP contribution in [0.2, 0.25) is 0 Å². The number of carbonyl (C=O) groups is 2. The number of esters is 1. The number of carbonyl (C=O) groups excluding carboxylic acids is 2. The average molecular weight is 706 g/mol. The molecule has 0 spiro atoms. The number of cyclic esters (lactones) is 1. The summed E-state index contributed by atoms with van der Waals surface area (Å²) < 4.78 is 98.1. The van der Waals surface area contributed by atoms with E-state index in [0.29, 0.717) is 53.4 Å². The zero-order valence-corrected chi connectivity index (χ0v) is 27.7. The van der Waals surface area contributed by atoms with Gasteiger partial charge in [-0.2, -0.15) is 26.3 Å². The molecule has 3 heterocycles. The van der Waals surface area contributed by atoms with Crippen LogP contribution >= 0.6 is 0 Å². The first-order valence-corrected chi connectivity index (χ1v) is 16.5. The molecule has 3 aromatic rings. The van der Waals surface area contributed by atoms with Crippen molar-refractivity contribution in [1.29, 1.82) is 0 Å². The molecule has 1 aromatic heterocycles. The highest BCUT2D eigenvalue weighted by Crippen LogP contribution is 2.44. The molecule has 1 aliphatic carbocycles. The number of aromatic nitrogens is 1. The summed E-state index contributed by atoms with van der Waals surface area (Å²) in [5.74, 6) is 1.07. The molecule has 0 N–H and O–H groups in total. The zero-order valence-electron chi connectivity index (χ0n) is 27.7. The number of methoxy groups -OCH3 is 2. The highest BCUT2D eigenvalue weighted by atomic mass is 19.4. The van der Waals surface area contributed by atoms with Crippen LogP contribution in [-0.4, -0.2) is 55.3 Å². The van der Waals surface area contributed by atoms with Gasteiger partial charge in [0.2, 0.25) is 0 Å². The number of anilines is 1. The van der Waals surface area contributed by atoms with Gasteiger partial charge in [-0.25, -0.2) is 9.78 Å². The van der Waals surface area contributed by atoms with Gasteiger partial charge in [0.25, 0.3) is 0 Å². The molecule has 0 unspecified atom stereocenters. The minimum atomic E-state index is -5.05. The summed E-state index contributed by atoms with van der Waals surface area (Å²) in [7, 11) is 2.93. The number of rotatable bonds is 8. The Morgan fingerprint density at radius 2 is 1.54 bits per heavy atom. The molecule has 1 saturated carbocycles. The van der Waals surface area contributed by atoms with Crippen LogP contribution in [0.1, 0.15) is 79.0 Å². The van der Waals surface area contributed by atoms with Crippen molar-refractivity contribution >= 4 is 17.9 Å².